The van der Waals surface area contributed by atoms with E-state index in [2.05, 4.69) is 4.99 Å². The molecule has 142 valence electrons. The van der Waals surface area contributed by atoms with Gasteiger partial charge in [-0.2, -0.15) is 4.99 Å². The number of aromatic nitrogens is 1. The van der Waals surface area contributed by atoms with E-state index in [1.165, 1.54) is 37.7 Å². The molecule has 0 bridgehead atoms. The van der Waals surface area contributed by atoms with Gasteiger partial charge in [-0.3, -0.25) is 4.79 Å². The van der Waals surface area contributed by atoms with Crippen LogP contribution in [-0.4, -0.2) is 38.4 Å². The molecule has 0 N–H and O–H groups in total. The van der Waals surface area contributed by atoms with Gasteiger partial charge in [-0.15, -0.1) is 0 Å². The van der Waals surface area contributed by atoms with Crippen molar-refractivity contribution in [1.29, 1.82) is 0 Å². The molecule has 0 aliphatic rings. The summed E-state index contributed by atoms with van der Waals surface area (Å²) in [6, 6.07) is 9.37. The highest BCUT2D eigenvalue weighted by atomic mass is 32.1. The van der Waals surface area contributed by atoms with Crippen LogP contribution in [0.15, 0.2) is 41.4 Å². The van der Waals surface area contributed by atoms with E-state index in [4.69, 9.17) is 14.2 Å². The quantitative estimate of drug-likeness (QED) is 0.648. The van der Waals surface area contributed by atoms with E-state index in [1.807, 2.05) is 4.57 Å². The van der Waals surface area contributed by atoms with Crippen LogP contribution < -0.4 is 14.3 Å². The van der Waals surface area contributed by atoms with Gasteiger partial charge < -0.3 is 18.8 Å². The lowest BCUT2D eigenvalue weighted by atomic mass is 10.2. The molecule has 0 atom stereocenters. The Hall–Kier alpha value is -2.71. The summed E-state index contributed by atoms with van der Waals surface area (Å²) >= 11 is 1.25. The molecule has 1 aromatic heterocycles. The van der Waals surface area contributed by atoms with Gasteiger partial charge in [0, 0.05) is 25.3 Å². The molecule has 0 aliphatic heterocycles. The number of nitrogens with zero attached hydrogens (tertiary/aromatic N) is 2. The van der Waals surface area contributed by atoms with Crippen LogP contribution in [0.1, 0.15) is 10.4 Å². The monoisotopic (exact) mass is 390 g/mol. The Morgan fingerprint density at radius 2 is 1.81 bits per heavy atom. The molecule has 0 radical (unpaired) electrons. The fourth-order valence-electron chi connectivity index (χ4n) is 2.61. The van der Waals surface area contributed by atoms with E-state index >= 15 is 0 Å². The van der Waals surface area contributed by atoms with Crippen LogP contribution >= 0.6 is 11.3 Å². The third-order valence-corrected chi connectivity index (χ3v) is 5.00. The second kappa shape index (κ2) is 8.32. The Morgan fingerprint density at radius 1 is 1.11 bits per heavy atom. The molecule has 6 nitrogen and oxygen atoms in total. The van der Waals surface area contributed by atoms with Gasteiger partial charge in [-0.25, -0.2) is 4.39 Å². The maximum absolute atomic E-state index is 13.6. The summed E-state index contributed by atoms with van der Waals surface area (Å²) in [7, 11) is 4.62. The Morgan fingerprint density at radius 3 is 2.44 bits per heavy atom. The molecule has 0 aliphatic carbocycles. The van der Waals surface area contributed by atoms with Crippen molar-refractivity contribution in [3.8, 4) is 11.5 Å². The highest BCUT2D eigenvalue weighted by molar-refractivity contribution is 7.16. The summed E-state index contributed by atoms with van der Waals surface area (Å²) in [5.41, 5.74) is 1.14. The number of ether oxygens (including phenoxy) is 3. The lowest BCUT2D eigenvalue weighted by molar-refractivity contribution is 0.0996. The van der Waals surface area contributed by atoms with Gasteiger partial charge in [0.1, 0.15) is 17.3 Å². The summed E-state index contributed by atoms with van der Waals surface area (Å²) in [6.45, 7) is 0.938. The number of benzene rings is 2. The molecule has 1 heterocycles. The first-order valence-corrected chi connectivity index (χ1v) is 8.97. The van der Waals surface area contributed by atoms with Crippen LogP contribution in [0, 0.1) is 5.82 Å². The number of rotatable bonds is 6. The van der Waals surface area contributed by atoms with Crippen molar-refractivity contribution in [1.82, 2.24) is 4.57 Å². The van der Waals surface area contributed by atoms with Gasteiger partial charge in [0.05, 0.1) is 31.0 Å². The predicted octanol–water partition coefficient (Wildman–Crippen LogP) is 3.25. The van der Waals surface area contributed by atoms with Crippen molar-refractivity contribution in [2.45, 2.75) is 6.54 Å². The van der Waals surface area contributed by atoms with Crippen molar-refractivity contribution < 1.29 is 23.4 Å². The second-order valence-corrected chi connectivity index (χ2v) is 6.67. The van der Waals surface area contributed by atoms with Crippen LogP contribution in [-0.2, 0) is 11.3 Å². The van der Waals surface area contributed by atoms with Crippen molar-refractivity contribution in [3.63, 3.8) is 0 Å². The van der Waals surface area contributed by atoms with Crippen molar-refractivity contribution in [3.05, 3.63) is 52.6 Å². The maximum atomic E-state index is 13.6. The van der Waals surface area contributed by atoms with E-state index in [-0.39, 0.29) is 5.82 Å². The van der Waals surface area contributed by atoms with Crippen LogP contribution in [0.25, 0.3) is 10.2 Å². The zero-order valence-corrected chi connectivity index (χ0v) is 16.0. The molecule has 0 unspecified atom stereocenters. The first kappa shape index (κ1) is 19.1. The van der Waals surface area contributed by atoms with Gasteiger partial charge in [-0.05, 0) is 30.3 Å². The number of fused-ring (bicyclic) bond motifs is 1. The van der Waals surface area contributed by atoms with E-state index < -0.39 is 5.91 Å². The van der Waals surface area contributed by atoms with E-state index in [1.54, 1.807) is 31.4 Å². The molecule has 0 fully saturated rings. The second-order valence-electron chi connectivity index (χ2n) is 5.66. The number of methoxy groups -OCH3 is 3. The Kier molecular flexibility index (Phi) is 5.88. The summed E-state index contributed by atoms with van der Waals surface area (Å²) in [4.78, 5) is 17.5. The molecule has 1 amide bonds. The lowest BCUT2D eigenvalue weighted by Gasteiger charge is -2.06. The Bertz CT molecular complexity index is 1020. The standard InChI is InChI=1S/C19H19FN2O4S/c1-24-7-6-22-16-5-4-13(20)10-17(16)27-19(22)21-18(23)12-8-14(25-2)11-15(9-12)26-3/h4-5,8-11H,6-7H2,1-3H3. The zero-order chi connectivity index (χ0) is 19.4. The number of hydrogen-bond acceptors (Lipinski definition) is 5. The van der Waals surface area contributed by atoms with E-state index in [9.17, 15) is 9.18 Å². The van der Waals surface area contributed by atoms with Gasteiger partial charge >= 0.3 is 0 Å². The smallest absolute Gasteiger partial charge is 0.279 e. The molecule has 0 saturated heterocycles. The molecule has 27 heavy (non-hydrogen) atoms. The fraction of sp³-hybridized carbons (Fsp3) is 0.263. The number of carbonyl (C=O) groups excluding carboxylic acids is 1. The van der Waals surface area contributed by atoms with E-state index in [0.717, 1.165) is 5.52 Å². The summed E-state index contributed by atoms with van der Waals surface area (Å²) in [5, 5.41) is 0. The lowest BCUT2D eigenvalue weighted by Crippen LogP contribution is -2.19. The summed E-state index contributed by atoms with van der Waals surface area (Å²) < 4.78 is 31.7. The van der Waals surface area contributed by atoms with Crippen LogP contribution in [0.3, 0.4) is 0 Å². The average molecular weight is 390 g/mol. The molecule has 2 aromatic carbocycles. The highest BCUT2D eigenvalue weighted by Crippen LogP contribution is 2.23. The topological polar surface area (TPSA) is 62.1 Å². The Labute approximate surface area is 159 Å². The summed E-state index contributed by atoms with van der Waals surface area (Å²) in [6.07, 6.45) is 0. The minimum absolute atomic E-state index is 0.335. The molecular weight excluding hydrogens is 371 g/mol. The van der Waals surface area contributed by atoms with Crippen molar-refractivity contribution in [2.24, 2.45) is 4.99 Å². The number of carbonyl (C=O) groups is 1. The first-order valence-electron chi connectivity index (χ1n) is 8.15. The molecule has 0 spiro atoms. The normalized spacial score (nSPS) is 11.8. The largest absolute Gasteiger partial charge is 0.497 e. The number of hydrogen-bond donors (Lipinski definition) is 0. The SMILES string of the molecule is COCCn1c(=NC(=O)c2cc(OC)cc(OC)c2)sc2cc(F)ccc21. The number of thiazole rings is 1. The third kappa shape index (κ3) is 4.17. The van der Waals surface area contributed by atoms with Gasteiger partial charge in [0.15, 0.2) is 4.80 Å². The predicted molar refractivity (Wildman–Crippen MR) is 101 cm³/mol. The van der Waals surface area contributed by atoms with E-state index in [0.29, 0.717) is 39.7 Å². The highest BCUT2D eigenvalue weighted by Gasteiger charge is 2.12. The van der Waals surface area contributed by atoms with Crippen LogP contribution in [0.5, 0.6) is 11.5 Å². The van der Waals surface area contributed by atoms with Crippen LogP contribution in [0.4, 0.5) is 4.39 Å². The first-order chi connectivity index (χ1) is 13.0. The molecule has 3 rings (SSSR count). The van der Waals surface area contributed by atoms with Gasteiger partial charge in [0.2, 0.25) is 0 Å². The molecular formula is C19H19FN2O4S. The van der Waals surface area contributed by atoms with Crippen molar-refractivity contribution in [2.75, 3.05) is 27.9 Å². The van der Waals surface area contributed by atoms with Gasteiger partial charge in [0.25, 0.3) is 5.91 Å². The average Bonchev–Trinajstić information content (AvgIpc) is 3.01. The molecule has 0 saturated carbocycles. The van der Waals surface area contributed by atoms with Gasteiger partial charge in [-0.1, -0.05) is 11.3 Å². The molecule has 3 aromatic rings. The molecule has 8 heteroatoms. The summed E-state index contributed by atoms with van der Waals surface area (Å²) in [5.74, 6) is 0.223. The third-order valence-electron chi connectivity index (χ3n) is 3.96. The Balaban J connectivity index is 2.10. The van der Waals surface area contributed by atoms with Crippen molar-refractivity contribution >= 4 is 27.5 Å². The number of halogens is 1. The number of amides is 1. The minimum Gasteiger partial charge on any atom is -0.497 e. The minimum atomic E-state index is -0.439. The maximum Gasteiger partial charge on any atom is 0.279 e. The zero-order valence-electron chi connectivity index (χ0n) is 15.2. The fourth-order valence-corrected chi connectivity index (χ4v) is 3.69. The van der Waals surface area contributed by atoms with Crippen LogP contribution in [0.2, 0.25) is 0 Å².